The van der Waals surface area contributed by atoms with Crippen molar-refractivity contribution in [3.63, 3.8) is 0 Å². The first-order chi connectivity index (χ1) is 8.41. The van der Waals surface area contributed by atoms with Crippen molar-refractivity contribution in [3.8, 4) is 11.1 Å². The summed E-state index contributed by atoms with van der Waals surface area (Å²) >= 11 is 0. The van der Waals surface area contributed by atoms with Crippen LogP contribution in [0, 0.1) is 11.6 Å². The number of hydrogen-bond acceptors (Lipinski definition) is 0. The molecule has 0 fully saturated rings. The van der Waals surface area contributed by atoms with Gasteiger partial charge >= 0.3 is 0 Å². The summed E-state index contributed by atoms with van der Waals surface area (Å²) in [6, 6.07) is 12.0. The third kappa shape index (κ3) is 2.28. The molecule has 0 aliphatic heterocycles. The zero-order valence-electron chi connectivity index (χ0n) is 10.8. The molecule has 94 valence electrons. The molecule has 0 aromatic heterocycles. The molecule has 18 heavy (non-hydrogen) atoms. The van der Waals surface area contributed by atoms with Crippen LogP contribution in [0.3, 0.4) is 0 Å². The van der Waals surface area contributed by atoms with Gasteiger partial charge in [0.05, 0.1) is 0 Å². The van der Waals surface area contributed by atoms with Crippen molar-refractivity contribution in [2.75, 3.05) is 0 Å². The molecule has 0 unspecified atom stereocenters. The molecule has 2 aromatic carbocycles. The molecule has 0 saturated carbocycles. The molecule has 0 N–H and O–H groups in total. The minimum atomic E-state index is -0.557. The highest BCUT2D eigenvalue weighted by molar-refractivity contribution is 5.65. The van der Waals surface area contributed by atoms with Crippen LogP contribution in [0.5, 0.6) is 0 Å². The summed E-state index contributed by atoms with van der Waals surface area (Å²) in [5.74, 6) is -0.951. The highest BCUT2D eigenvalue weighted by Crippen LogP contribution is 2.33. The SMILES string of the molecule is CC(C)(C)c1c(F)ccc(-c2ccccc2)c1F. The molecule has 2 aromatic rings. The van der Waals surface area contributed by atoms with Gasteiger partial charge in [0.1, 0.15) is 11.6 Å². The molecule has 2 heteroatoms. The smallest absolute Gasteiger partial charge is 0.137 e. The molecule has 0 amide bonds. The van der Waals surface area contributed by atoms with Gasteiger partial charge in [-0.15, -0.1) is 0 Å². The van der Waals surface area contributed by atoms with E-state index < -0.39 is 17.0 Å². The lowest BCUT2D eigenvalue weighted by atomic mass is 9.84. The number of hydrogen-bond donors (Lipinski definition) is 0. The second-order valence-electron chi connectivity index (χ2n) is 5.40. The van der Waals surface area contributed by atoms with Crippen LogP contribution in [0.4, 0.5) is 8.78 Å². The van der Waals surface area contributed by atoms with Gasteiger partial charge in [0.15, 0.2) is 0 Å². The Bertz CT molecular complexity index is 551. The van der Waals surface area contributed by atoms with Crippen LogP contribution in [0.2, 0.25) is 0 Å². The number of rotatable bonds is 1. The fourth-order valence-corrected chi connectivity index (χ4v) is 2.08. The quantitative estimate of drug-likeness (QED) is 0.669. The molecule has 0 aliphatic carbocycles. The van der Waals surface area contributed by atoms with Gasteiger partial charge in [-0.3, -0.25) is 0 Å². The molecular formula is C16H16F2. The second-order valence-corrected chi connectivity index (χ2v) is 5.40. The Morgan fingerprint density at radius 1 is 0.833 bits per heavy atom. The Hall–Kier alpha value is -1.70. The average Bonchev–Trinajstić information content (AvgIpc) is 2.28. The summed E-state index contributed by atoms with van der Waals surface area (Å²) in [4.78, 5) is 0. The van der Waals surface area contributed by atoms with Gasteiger partial charge in [-0.1, -0.05) is 51.1 Å². The van der Waals surface area contributed by atoms with Gasteiger partial charge in [0.25, 0.3) is 0 Å². The van der Waals surface area contributed by atoms with Crippen LogP contribution < -0.4 is 0 Å². The summed E-state index contributed by atoms with van der Waals surface area (Å²) in [5, 5.41) is 0. The van der Waals surface area contributed by atoms with Gasteiger partial charge in [-0.2, -0.15) is 0 Å². The van der Waals surface area contributed by atoms with Gasteiger partial charge in [0.2, 0.25) is 0 Å². The first-order valence-corrected chi connectivity index (χ1v) is 5.95. The standard InChI is InChI=1S/C16H16F2/c1-16(2,3)14-13(17)10-9-12(15(14)18)11-7-5-4-6-8-11/h4-10H,1-3H3. The van der Waals surface area contributed by atoms with Crippen LogP contribution in [-0.4, -0.2) is 0 Å². The molecule has 0 radical (unpaired) electrons. The Labute approximate surface area is 106 Å². The zero-order chi connectivity index (χ0) is 13.3. The third-order valence-corrected chi connectivity index (χ3v) is 2.93. The van der Waals surface area contributed by atoms with E-state index >= 15 is 0 Å². The van der Waals surface area contributed by atoms with Crippen molar-refractivity contribution in [3.05, 3.63) is 59.7 Å². The average molecular weight is 246 g/mol. The van der Waals surface area contributed by atoms with E-state index in [2.05, 4.69) is 0 Å². The van der Waals surface area contributed by atoms with Gasteiger partial charge < -0.3 is 0 Å². The molecule has 0 spiro atoms. The van der Waals surface area contributed by atoms with Crippen molar-refractivity contribution in [1.29, 1.82) is 0 Å². The van der Waals surface area contributed by atoms with E-state index in [-0.39, 0.29) is 5.56 Å². The van der Waals surface area contributed by atoms with E-state index in [9.17, 15) is 8.78 Å². The normalized spacial score (nSPS) is 11.6. The molecule has 2 rings (SSSR count). The first-order valence-electron chi connectivity index (χ1n) is 5.95. The Kier molecular flexibility index (Phi) is 3.20. The van der Waals surface area contributed by atoms with Crippen molar-refractivity contribution < 1.29 is 8.78 Å². The lowest BCUT2D eigenvalue weighted by molar-refractivity contribution is 0.477. The molecule has 0 aliphatic rings. The van der Waals surface area contributed by atoms with Crippen LogP contribution >= 0.6 is 0 Å². The fraction of sp³-hybridized carbons (Fsp3) is 0.250. The third-order valence-electron chi connectivity index (χ3n) is 2.93. The molecule has 0 heterocycles. The van der Waals surface area contributed by atoms with Crippen molar-refractivity contribution in [2.45, 2.75) is 26.2 Å². The number of benzene rings is 2. The predicted molar refractivity (Wildman–Crippen MR) is 70.5 cm³/mol. The Morgan fingerprint density at radius 2 is 1.44 bits per heavy atom. The lowest BCUT2D eigenvalue weighted by Crippen LogP contribution is -2.16. The molecule has 0 bridgehead atoms. The highest BCUT2D eigenvalue weighted by Gasteiger charge is 2.25. The topological polar surface area (TPSA) is 0 Å². The van der Waals surface area contributed by atoms with Gasteiger partial charge in [-0.25, -0.2) is 8.78 Å². The summed E-state index contributed by atoms with van der Waals surface area (Å²) in [5.41, 5.74) is 0.796. The van der Waals surface area contributed by atoms with E-state index in [1.165, 1.54) is 12.1 Å². The minimum absolute atomic E-state index is 0.142. The van der Waals surface area contributed by atoms with Crippen LogP contribution in [0.25, 0.3) is 11.1 Å². The monoisotopic (exact) mass is 246 g/mol. The van der Waals surface area contributed by atoms with E-state index in [0.717, 1.165) is 5.56 Å². The molecule has 0 saturated heterocycles. The maximum Gasteiger partial charge on any atom is 0.137 e. The highest BCUT2D eigenvalue weighted by atomic mass is 19.1. The van der Waals surface area contributed by atoms with E-state index in [4.69, 9.17) is 0 Å². The summed E-state index contributed by atoms with van der Waals surface area (Å²) in [6.07, 6.45) is 0. The van der Waals surface area contributed by atoms with E-state index in [1.807, 2.05) is 51.1 Å². The van der Waals surface area contributed by atoms with E-state index in [1.54, 1.807) is 0 Å². The predicted octanol–water partition coefficient (Wildman–Crippen LogP) is 4.93. The van der Waals surface area contributed by atoms with E-state index in [0.29, 0.717) is 5.56 Å². The van der Waals surface area contributed by atoms with Crippen LogP contribution in [0.1, 0.15) is 26.3 Å². The van der Waals surface area contributed by atoms with Crippen molar-refractivity contribution in [1.82, 2.24) is 0 Å². The molecule has 0 nitrogen and oxygen atoms in total. The number of halogens is 2. The van der Waals surface area contributed by atoms with Crippen LogP contribution in [-0.2, 0) is 5.41 Å². The molecular weight excluding hydrogens is 230 g/mol. The second kappa shape index (κ2) is 4.52. The van der Waals surface area contributed by atoms with Gasteiger partial charge in [-0.05, 0) is 23.1 Å². The lowest BCUT2D eigenvalue weighted by Gasteiger charge is -2.22. The summed E-state index contributed by atoms with van der Waals surface area (Å²) in [6.45, 7) is 5.43. The summed E-state index contributed by atoms with van der Waals surface area (Å²) in [7, 11) is 0. The fourth-order valence-electron chi connectivity index (χ4n) is 2.08. The minimum Gasteiger partial charge on any atom is -0.207 e. The maximum absolute atomic E-state index is 14.5. The van der Waals surface area contributed by atoms with Crippen molar-refractivity contribution >= 4 is 0 Å². The molecule has 0 atom stereocenters. The maximum atomic E-state index is 14.5. The van der Waals surface area contributed by atoms with Crippen LogP contribution in [0.15, 0.2) is 42.5 Å². The van der Waals surface area contributed by atoms with Crippen molar-refractivity contribution in [2.24, 2.45) is 0 Å². The Morgan fingerprint density at radius 3 is 2.00 bits per heavy atom. The Balaban J connectivity index is 2.66. The largest absolute Gasteiger partial charge is 0.207 e. The summed E-state index contributed by atoms with van der Waals surface area (Å²) < 4.78 is 28.3. The zero-order valence-corrected chi connectivity index (χ0v) is 10.8. The van der Waals surface area contributed by atoms with Gasteiger partial charge in [0, 0.05) is 11.1 Å². The first kappa shape index (κ1) is 12.7.